The number of cyclic esters (lactones) is 1. The second-order valence-corrected chi connectivity index (χ2v) is 3.87. The minimum Gasteiger partial charge on any atom is -0.480 e. The third-order valence-electron chi connectivity index (χ3n) is 2.71. The molecule has 5 heteroatoms. The second kappa shape index (κ2) is 4.86. The SMILES string of the molecule is O=C(O)[C@@H]1CCOC(=O)N1Cc1ccccc1. The average Bonchev–Trinajstić information content (AvgIpc) is 2.33. The molecule has 0 aromatic heterocycles. The van der Waals surface area contributed by atoms with E-state index in [2.05, 4.69) is 0 Å². The average molecular weight is 235 g/mol. The Morgan fingerprint density at radius 1 is 1.41 bits per heavy atom. The summed E-state index contributed by atoms with van der Waals surface area (Å²) >= 11 is 0. The molecule has 0 saturated carbocycles. The van der Waals surface area contributed by atoms with Crippen molar-refractivity contribution in [1.82, 2.24) is 4.90 Å². The molecule has 1 N–H and O–H groups in total. The quantitative estimate of drug-likeness (QED) is 0.861. The first-order valence-corrected chi connectivity index (χ1v) is 5.38. The lowest BCUT2D eigenvalue weighted by Crippen LogP contribution is -2.49. The molecular formula is C12H13NO4. The molecular weight excluding hydrogens is 222 g/mol. The minimum absolute atomic E-state index is 0.168. The number of aliphatic carboxylic acids is 1. The maximum absolute atomic E-state index is 11.6. The van der Waals surface area contributed by atoms with Crippen molar-refractivity contribution in [2.75, 3.05) is 6.61 Å². The van der Waals surface area contributed by atoms with Crippen LogP contribution in [0.3, 0.4) is 0 Å². The van der Waals surface area contributed by atoms with Crippen LogP contribution >= 0.6 is 0 Å². The fraction of sp³-hybridized carbons (Fsp3) is 0.333. The number of hydrogen-bond donors (Lipinski definition) is 1. The van der Waals surface area contributed by atoms with E-state index < -0.39 is 18.1 Å². The molecule has 0 spiro atoms. The molecule has 1 aromatic carbocycles. The van der Waals surface area contributed by atoms with Gasteiger partial charge < -0.3 is 9.84 Å². The van der Waals surface area contributed by atoms with Gasteiger partial charge in [-0.3, -0.25) is 4.90 Å². The van der Waals surface area contributed by atoms with Crippen LogP contribution in [-0.4, -0.2) is 34.7 Å². The Morgan fingerprint density at radius 3 is 2.76 bits per heavy atom. The fourth-order valence-electron chi connectivity index (χ4n) is 1.84. The van der Waals surface area contributed by atoms with E-state index in [-0.39, 0.29) is 13.2 Å². The molecule has 0 radical (unpaired) electrons. The highest BCUT2D eigenvalue weighted by atomic mass is 16.6. The highest BCUT2D eigenvalue weighted by Gasteiger charge is 2.34. The van der Waals surface area contributed by atoms with Crippen molar-refractivity contribution in [3.8, 4) is 0 Å². The smallest absolute Gasteiger partial charge is 0.410 e. The van der Waals surface area contributed by atoms with Crippen LogP contribution < -0.4 is 0 Å². The van der Waals surface area contributed by atoms with E-state index in [9.17, 15) is 9.59 Å². The first-order chi connectivity index (χ1) is 8.18. The Hall–Kier alpha value is -2.04. The first kappa shape index (κ1) is 11.4. The molecule has 5 nitrogen and oxygen atoms in total. The van der Waals surface area contributed by atoms with Crippen LogP contribution in [0.1, 0.15) is 12.0 Å². The fourth-order valence-corrected chi connectivity index (χ4v) is 1.84. The van der Waals surface area contributed by atoms with Gasteiger partial charge in [0.1, 0.15) is 6.04 Å². The molecule has 1 aliphatic heterocycles. The van der Waals surface area contributed by atoms with Crippen LogP contribution in [0.2, 0.25) is 0 Å². The number of carbonyl (C=O) groups excluding carboxylic acids is 1. The number of nitrogens with zero attached hydrogens (tertiary/aromatic N) is 1. The summed E-state index contributed by atoms with van der Waals surface area (Å²) < 4.78 is 4.87. The predicted molar refractivity (Wildman–Crippen MR) is 59.4 cm³/mol. The summed E-state index contributed by atoms with van der Waals surface area (Å²) in [6.07, 6.45) is -0.235. The maximum atomic E-state index is 11.6. The van der Waals surface area contributed by atoms with E-state index >= 15 is 0 Å². The van der Waals surface area contributed by atoms with Crippen LogP contribution in [0.15, 0.2) is 30.3 Å². The Morgan fingerprint density at radius 2 is 2.12 bits per heavy atom. The van der Waals surface area contributed by atoms with E-state index in [1.165, 1.54) is 4.90 Å². The van der Waals surface area contributed by atoms with Gasteiger partial charge in [0.2, 0.25) is 0 Å². The van der Waals surface area contributed by atoms with E-state index in [0.29, 0.717) is 6.42 Å². The standard InChI is InChI=1S/C12H13NO4/c14-11(15)10-6-7-17-12(16)13(10)8-9-4-2-1-3-5-9/h1-5,10H,6-8H2,(H,14,15)/t10-/m0/s1. The lowest BCUT2D eigenvalue weighted by Gasteiger charge is -2.32. The number of rotatable bonds is 3. The molecule has 1 amide bonds. The molecule has 1 atom stereocenters. The van der Waals surface area contributed by atoms with E-state index in [0.717, 1.165) is 5.56 Å². The lowest BCUT2D eigenvalue weighted by atomic mass is 10.1. The largest absolute Gasteiger partial charge is 0.480 e. The highest BCUT2D eigenvalue weighted by molar-refractivity contribution is 5.81. The summed E-state index contributed by atoms with van der Waals surface area (Å²) in [5.41, 5.74) is 0.887. The van der Waals surface area contributed by atoms with Gasteiger partial charge in [-0.05, 0) is 5.56 Å². The van der Waals surface area contributed by atoms with Crippen molar-refractivity contribution in [1.29, 1.82) is 0 Å². The van der Waals surface area contributed by atoms with Gasteiger partial charge >= 0.3 is 12.1 Å². The van der Waals surface area contributed by atoms with Gasteiger partial charge in [0.05, 0.1) is 6.61 Å². The van der Waals surface area contributed by atoms with Crippen molar-refractivity contribution < 1.29 is 19.4 Å². The third-order valence-corrected chi connectivity index (χ3v) is 2.71. The molecule has 90 valence electrons. The van der Waals surface area contributed by atoms with Crippen LogP contribution in [0.4, 0.5) is 4.79 Å². The maximum Gasteiger partial charge on any atom is 0.410 e. The second-order valence-electron chi connectivity index (χ2n) is 3.87. The monoisotopic (exact) mass is 235 g/mol. The molecule has 1 heterocycles. The van der Waals surface area contributed by atoms with Gasteiger partial charge in [-0.15, -0.1) is 0 Å². The Kier molecular flexibility index (Phi) is 3.27. The molecule has 1 fully saturated rings. The number of amides is 1. The van der Waals surface area contributed by atoms with Crippen LogP contribution in [0.5, 0.6) is 0 Å². The van der Waals surface area contributed by atoms with Gasteiger partial charge in [0, 0.05) is 13.0 Å². The van der Waals surface area contributed by atoms with Crippen molar-refractivity contribution in [2.24, 2.45) is 0 Å². The lowest BCUT2D eigenvalue weighted by molar-refractivity contribution is -0.145. The summed E-state index contributed by atoms with van der Waals surface area (Å²) in [5, 5.41) is 9.06. The van der Waals surface area contributed by atoms with E-state index in [1.807, 2.05) is 30.3 Å². The minimum atomic E-state index is -0.988. The summed E-state index contributed by atoms with van der Waals surface area (Å²) in [7, 11) is 0. The first-order valence-electron chi connectivity index (χ1n) is 5.38. The number of carboxylic acids is 1. The van der Waals surface area contributed by atoms with E-state index in [1.54, 1.807) is 0 Å². The number of carboxylic acid groups (broad SMARTS) is 1. The molecule has 2 rings (SSSR count). The summed E-state index contributed by atoms with van der Waals surface area (Å²) in [6.45, 7) is 0.428. The van der Waals surface area contributed by atoms with Crippen molar-refractivity contribution in [3.05, 3.63) is 35.9 Å². The molecule has 1 aromatic rings. The van der Waals surface area contributed by atoms with Gasteiger partial charge in [0.25, 0.3) is 0 Å². The zero-order valence-corrected chi connectivity index (χ0v) is 9.20. The molecule has 17 heavy (non-hydrogen) atoms. The van der Waals surface area contributed by atoms with E-state index in [4.69, 9.17) is 9.84 Å². The zero-order valence-electron chi connectivity index (χ0n) is 9.20. The molecule has 0 unspecified atom stereocenters. The molecule has 1 saturated heterocycles. The molecule has 0 bridgehead atoms. The summed E-state index contributed by atoms with van der Waals surface area (Å²) in [4.78, 5) is 23.9. The highest BCUT2D eigenvalue weighted by Crippen LogP contribution is 2.17. The number of benzene rings is 1. The van der Waals surface area contributed by atoms with Crippen LogP contribution in [-0.2, 0) is 16.1 Å². The number of ether oxygens (including phenoxy) is 1. The summed E-state index contributed by atoms with van der Waals surface area (Å²) in [5.74, 6) is -0.988. The van der Waals surface area contributed by atoms with Gasteiger partial charge in [-0.25, -0.2) is 9.59 Å². The number of carbonyl (C=O) groups is 2. The number of hydrogen-bond acceptors (Lipinski definition) is 3. The predicted octanol–water partition coefficient (Wildman–Crippen LogP) is 1.48. The van der Waals surface area contributed by atoms with Crippen molar-refractivity contribution in [3.63, 3.8) is 0 Å². The summed E-state index contributed by atoms with van der Waals surface area (Å²) in [6, 6.07) is 8.46. The Labute approximate surface area is 98.6 Å². The Bertz CT molecular complexity index is 418. The molecule has 0 aliphatic carbocycles. The third kappa shape index (κ3) is 2.55. The molecule has 1 aliphatic rings. The van der Waals surface area contributed by atoms with Crippen LogP contribution in [0.25, 0.3) is 0 Å². The van der Waals surface area contributed by atoms with Crippen LogP contribution in [0, 0.1) is 0 Å². The van der Waals surface area contributed by atoms with Gasteiger partial charge in [0.15, 0.2) is 0 Å². The van der Waals surface area contributed by atoms with Gasteiger partial charge in [-0.2, -0.15) is 0 Å². The normalized spacial score (nSPS) is 19.9. The Balaban J connectivity index is 2.15. The topological polar surface area (TPSA) is 66.8 Å². The van der Waals surface area contributed by atoms with Crippen molar-refractivity contribution >= 4 is 12.1 Å². The van der Waals surface area contributed by atoms with Gasteiger partial charge in [-0.1, -0.05) is 30.3 Å². The van der Waals surface area contributed by atoms with Crippen molar-refractivity contribution in [2.45, 2.75) is 19.0 Å². The zero-order chi connectivity index (χ0) is 12.3.